The van der Waals surface area contributed by atoms with Crippen molar-refractivity contribution in [3.8, 4) is 5.75 Å². The summed E-state index contributed by atoms with van der Waals surface area (Å²) in [7, 11) is 1.76. The Labute approximate surface area is 161 Å². The van der Waals surface area contributed by atoms with E-state index in [0.29, 0.717) is 12.1 Å². The van der Waals surface area contributed by atoms with Crippen LogP contribution >= 0.6 is 11.6 Å². The summed E-state index contributed by atoms with van der Waals surface area (Å²) in [6.45, 7) is 4.62. The zero-order chi connectivity index (χ0) is 17.9. The molecule has 0 N–H and O–H groups in total. The number of para-hydroxylation sites is 1. The van der Waals surface area contributed by atoms with Crippen LogP contribution in [0.5, 0.6) is 5.75 Å². The normalized spacial score (nSPS) is 23.8. The highest BCUT2D eigenvalue weighted by Gasteiger charge is 2.40. The predicted molar refractivity (Wildman–Crippen MR) is 107 cm³/mol. The molecular formula is C22H27ClN2O. The van der Waals surface area contributed by atoms with Gasteiger partial charge in [0.25, 0.3) is 0 Å². The number of hydrogen-bond donors (Lipinski definition) is 0. The average Bonchev–Trinajstić information content (AvgIpc) is 3.17. The van der Waals surface area contributed by atoms with Crippen molar-refractivity contribution in [1.82, 2.24) is 9.80 Å². The fraction of sp³-hybridized carbons (Fsp3) is 0.455. The van der Waals surface area contributed by atoms with E-state index in [2.05, 4.69) is 40.1 Å². The Morgan fingerprint density at radius 1 is 1.04 bits per heavy atom. The van der Waals surface area contributed by atoms with Crippen molar-refractivity contribution in [3.63, 3.8) is 0 Å². The highest BCUT2D eigenvalue weighted by Crippen LogP contribution is 2.41. The van der Waals surface area contributed by atoms with Gasteiger partial charge in [0.15, 0.2) is 0 Å². The Hall–Kier alpha value is -1.55. The summed E-state index contributed by atoms with van der Waals surface area (Å²) < 4.78 is 5.59. The van der Waals surface area contributed by atoms with Crippen LogP contribution in [0.25, 0.3) is 0 Å². The molecule has 2 atom stereocenters. The van der Waals surface area contributed by atoms with Gasteiger partial charge < -0.3 is 9.64 Å². The number of nitrogens with zero attached hydrogens (tertiary/aromatic N) is 2. The molecule has 0 radical (unpaired) electrons. The molecule has 26 heavy (non-hydrogen) atoms. The summed E-state index contributed by atoms with van der Waals surface area (Å²) in [6.07, 6.45) is 3.91. The highest BCUT2D eigenvalue weighted by atomic mass is 35.5. The van der Waals surface area contributed by atoms with Crippen molar-refractivity contribution >= 4 is 11.6 Å². The van der Waals surface area contributed by atoms with E-state index in [4.69, 9.17) is 16.3 Å². The summed E-state index contributed by atoms with van der Waals surface area (Å²) in [6, 6.07) is 17.8. The molecule has 2 aliphatic rings. The van der Waals surface area contributed by atoms with Crippen molar-refractivity contribution < 1.29 is 4.74 Å². The van der Waals surface area contributed by atoms with Crippen molar-refractivity contribution in [2.24, 2.45) is 0 Å². The van der Waals surface area contributed by atoms with E-state index in [1.54, 1.807) is 7.11 Å². The molecule has 3 nitrogen and oxygen atoms in total. The second-order valence-corrected chi connectivity index (χ2v) is 7.89. The maximum atomic E-state index is 6.09. The molecule has 2 heterocycles. The maximum absolute atomic E-state index is 6.09. The Morgan fingerprint density at radius 3 is 2.50 bits per heavy atom. The van der Waals surface area contributed by atoms with Crippen molar-refractivity contribution in [3.05, 3.63) is 64.7 Å². The van der Waals surface area contributed by atoms with Crippen LogP contribution in [0.1, 0.15) is 36.4 Å². The molecule has 0 aliphatic carbocycles. The summed E-state index contributed by atoms with van der Waals surface area (Å²) in [5.74, 6) is 0.981. The van der Waals surface area contributed by atoms with E-state index >= 15 is 0 Å². The second-order valence-electron chi connectivity index (χ2n) is 7.45. The van der Waals surface area contributed by atoms with E-state index in [0.717, 1.165) is 17.3 Å². The molecule has 4 heteroatoms. The van der Waals surface area contributed by atoms with Gasteiger partial charge >= 0.3 is 0 Å². The van der Waals surface area contributed by atoms with Crippen molar-refractivity contribution in [2.45, 2.75) is 37.9 Å². The van der Waals surface area contributed by atoms with Crippen molar-refractivity contribution in [2.75, 3.05) is 26.7 Å². The van der Waals surface area contributed by atoms with E-state index < -0.39 is 0 Å². The number of likely N-dealkylation sites (tertiary alicyclic amines) is 2. The zero-order valence-corrected chi connectivity index (χ0v) is 16.2. The van der Waals surface area contributed by atoms with Gasteiger partial charge in [0.1, 0.15) is 5.75 Å². The van der Waals surface area contributed by atoms with E-state index in [1.165, 1.54) is 50.0 Å². The maximum Gasteiger partial charge on any atom is 0.123 e. The van der Waals surface area contributed by atoms with E-state index in [9.17, 15) is 0 Å². The Bertz CT molecular complexity index is 727. The molecule has 2 aromatic rings. The lowest BCUT2D eigenvalue weighted by atomic mass is 9.86. The molecule has 0 amide bonds. The molecule has 2 unspecified atom stereocenters. The van der Waals surface area contributed by atoms with Crippen LogP contribution in [0.3, 0.4) is 0 Å². The summed E-state index contributed by atoms with van der Waals surface area (Å²) >= 11 is 6.09. The van der Waals surface area contributed by atoms with Crippen LogP contribution in [-0.2, 0) is 6.54 Å². The van der Waals surface area contributed by atoms with E-state index in [-0.39, 0.29) is 0 Å². The first-order valence-corrected chi connectivity index (χ1v) is 9.98. The van der Waals surface area contributed by atoms with Gasteiger partial charge in [-0.2, -0.15) is 0 Å². The minimum Gasteiger partial charge on any atom is -0.496 e. The number of halogens is 1. The Kier molecular flexibility index (Phi) is 5.49. The lowest BCUT2D eigenvalue weighted by Crippen LogP contribution is -2.54. The van der Waals surface area contributed by atoms with Crippen LogP contribution < -0.4 is 4.74 Å². The third-order valence-electron chi connectivity index (χ3n) is 5.83. The summed E-state index contributed by atoms with van der Waals surface area (Å²) in [4.78, 5) is 5.26. The van der Waals surface area contributed by atoms with Gasteiger partial charge in [-0.3, -0.25) is 4.90 Å². The smallest absolute Gasteiger partial charge is 0.123 e. The molecule has 2 aliphatic heterocycles. The molecule has 0 saturated carbocycles. The fourth-order valence-electron chi connectivity index (χ4n) is 4.37. The number of hydrogen-bond acceptors (Lipinski definition) is 3. The molecule has 138 valence electrons. The Morgan fingerprint density at radius 2 is 1.77 bits per heavy atom. The minimum absolute atomic E-state index is 0.463. The summed E-state index contributed by atoms with van der Waals surface area (Å²) in [5.41, 5.74) is 2.63. The SMILES string of the molecule is COc1ccccc1CN1C(CN2CCCC2)CC1c1ccc(Cl)cc1. The van der Waals surface area contributed by atoms with Crippen molar-refractivity contribution in [1.29, 1.82) is 0 Å². The number of ether oxygens (including phenoxy) is 1. The first-order valence-electron chi connectivity index (χ1n) is 9.60. The topological polar surface area (TPSA) is 15.7 Å². The van der Waals surface area contributed by atoms with Crippen LogP contribution in [0.2, 0.25) is 5.02 Å². The van der Waals surface area contributed by atoms with Gasteiger partial charge in [0, 0.05) is 35.8 Å². The molecule has 0 aromatic heterocycles. The molecule has 0 bridgehead atoms. The van der Waals surface area contributed by atoms with E-state index in [1.807, 2.05) is 18.2 Å². The second kappa shape index (κ2) is 7.99. The molecule has 2 aromatic carbocycles. The Balaban J connectivity index is 1.53. The number of benzene rings is 2. The summed E-state index contributed by atoms with van der Waals surface area (Å²) in [5, 5.41) is 0.804. The number of methoxy groups -OCH3 is 1. The van der Waals surface area contributed by atoms with Gasteiger partial charge in [-0.25, -0.2) is 0 Å². The molecular weight excluding hydrogens is 344 g/mol. The number of rotatable bonds is 6. The largest absolute Gasteiger partial charge is 0.496 e. The highest BCUT2D eigenvalue weighted by molar-refractivity contribution is 6.30. The molecule has 0 spiro atoms. The molecule has 4 rings (SSSR count). The van der Waals surface area contributed by atoms with Gasteiger partial charge in [-0.05, 0) is 56.1 Å². The first kappa shape index (κ1) is 17.8. The van der Waals surface area contributed by atoms with Crippen LogP contribution in [-0.4, -0.2) is 42.6 Å². The van der Waals surface area contributed by atoms with Crippen LogP contribution in [0.15, 0.2) is 48.5 Å². The van der Waals surface area contributed by atoms with Gasteiger partial charge in [-0.1, -0.05) is 41.9 Å². The first-order chi connectivity index (χ1) is 12.7. The average molecular weight is 371 g/mol. The molecule has 2 saturated heterocycles. The minimum atomic E-state index is 0.463. The van der Waals surface area contributed by atoms with Crippen LogP contribution in [0.4, 0.5) is 0 Å². The van der Waals surface area contributed by atoms with Crippen LogP contribution in [0, 0.1) is 0 Å². The standard InChI is InChI=1S/C22H27ClN2O/c1-26-22-7-3-2-6-18(22)15-25-20(16-24-12-4-5-13-24)14-21(25)17-8-10-19(23)11-9-17/h2-3,6-11,20-21H,4-5,12-16H2,1H3. The molecule has 2 fully saturated rings. The fourth-order valence-corrected chi connectivity index (χ4v) is 4.50. The monoisotopic (exact) mass is 370 g/mol. The van der Waals surface area contributed by atoms with Gasteiger partial charge in [-0.15, -0.1) is 0 Å². The van der Waals surface area contributed by atoms with Gasteiger partial charge in [0.05, 0.1) is 7.11 Å². The van der Waals surface area contributed by atoms with Gasteiger partial charge in [0.2, 0.25) is 0 Å². The third kappa shape index (κ3) is 3.75. The zero-order valence-electron chi connectivity index (χ0n) is 15.4. The lowest BCUT2D eigenvalue weighted by molar-refractivity contribution is -0.0120. The predicted octanol–water partition coefficient (Wildman–Crippen LogP) is 4.76. The lowest BCUT2D eigenvalue weighted by Gasteiger charge is -2.50. The quantitative estimate of drug-likeness (QED) is 0.729. The third-order valence-corrected chi connectivity index (χ3v) is 6.08.